The molecule has 0 saturated heterocycles. The van der Waals surface area contributed by atoms with Crippen molar-refractivity contribution in [2.75, 3.05) is 34.5 Å². The van der Waals surface area contributed by atoms with Crippen molar-refractivity contribution >= 4 is 0 Å². The van der Waals surface area contributed by atoms with Crippen LogP contribution >= 0.6 is 0 Å². The molecule has 0 aliphatic carbocycles. The first-order chi connectivity index (χ1) is 10.2. The Morgan fingerprint density at radius 2 is 1.81 bits per heavy atom. The van der Waals surface area contributed by atoms with Gasteiger partial charge in [-0.05, 0) is 43.0 Å². The Hall–Kier alpha value is -1.26. The van der Waals surface area contributed by atoms with Crippen LogP contribution in [0, 0.1) is 5.92 Å². The minimum absolute atomic E-state index is 0.301. The van der Waals surface area contributed by atoms with Gasteiger partial charge in [0.15, 0.2) is 11.5 Å². The third-order valence-electron chi connectivity index (χ3n) is 3.54. The number of hydrogen-bond donors (Lipinski definition) is 1. The van der Waals surface area contributed by atoms with Crippen LogP contribution in [0.2, 0.25) is 0 Å². The van der Waals surface area contributed by atoms with Crippen molar-refractivity contribution in [2.24, 2.45) is 5.92 Å². The molecule has 4 nitrogen and oxygen atoms in total. The average molecular weight is 295 g/mol. The van der Waals surface area contributed by atoms with E-state index in [9.17, 15) is 0 Å². The van der Waals surface area contributed by atoms with Gasteiger partial charge in [0.25, 0.3) is 0 Å². The van der Waals surface area contributed by atoms with Crippen molar-refractivity contribution in [1.82, 2.24) is 5.32 Å². The predicted octanol–water partition coefficient (Wildman–Crippen LogP) is 3.42. The molecule has 0 spiro atoms. The fourth-order valence-electron chi connectivity index (χ4n) is 2.48. The zero-order valence-corrected chi connectivity index (χ0v) is 13.9. The first kappa shape index (κ1) is 17.8. The number of benzene rings is 1. The number of nitrogens with one attached hydrogen (secondary N) is 1. The summed E-state index contributed by atoms with van der Waals surface area (Å²) >= 11 is 0. The lowest BCUT2D eigenvalue weighted by atomic mass is 9.95. The van der Waals surface area contributed by atoms with Crippen LogP contribution in [-0.2, 0) is 4.74 Å². The summed E-state index contributed by atoms with van der Waals surface area (Å²) in [5, 5.41) is 3.61. The smallest absolute Gasteiger partial charge is 0.161 e. The first-order valence-corrected chi connectivity index (χ1v) is 7.60. The van der Waals surface area contributed by atoms with E-state index >= 15 is 0 Å². The molecular formula is C17H29NO3. The maximum Gasteiger partial charge on any atom is 0.161 e. The summed E-state index contributed by atoms with van der Waals surface area (Å²) in [6.07, 6.45) is 2.14. The second-order valence-corrected chi connectivity index (χ2v) is 5.42. The molecule has 0 fully saturated rings. The average Bonchev–Trinajstić information content (AvgIpc) is 2.50. The Labute approximate surface area is 128 Å². The summed E-state index contributed by atoms with van der Waals surface area (Å²) < 4.78 is 16.0. The Kier molecular flexibility index (Phi) is 8.16. The van der Waals surface area contributed by atoms with Crippen LogP contribution in [0.4, 0.5) is 0 Å². The van der Waals surface area contributed by atoms with Crippen molar-refractivity contribution in [3.63, 3.8) is 0 Å². The summed E-state index contributed by atoms with van der Waals surface area (Å²) in [5.74, 6) is 2.04. The third-order valence-corrected chi connectivity index (χ3v) is 3.54. The van der Waals surface area contributed by atoms with E-state index in [1.165, 1.54) is 5.56 Å². The molecule has 2 atom stereocenters. The maximum atomic E-state index is 5.41. The van der Waals surface area contributed by atoms with Gasteiger partial charge >= 0.3 is 0 Å². The number of hydrogen-bond acceptors (Lipinski definition) is 4. The van der Waals surface area contributed by atoms with Gasteiger partial charge in [-0.1, -0.05) is 19.9 Å². The molecule has 0 aliphatic rings. The van der Waals surface area contributed by atoms with Crippen LogP contribution in [0.25, 0.3) is 0 Å². The Morgan fingerprint density at radius 1 is 1.10 bits per heavy atom. The van der Waals surface area contributed by atoms with E-state index in [4.69, 9.17) is 14.2 Å². The SMILES string of the molecule is CCCNC(CC(C)COC)c1ccc(OC)c(OC)c1. The van der Waals surface area contributed by atoms with Crippen molar-refractivity contribution in [2.45, 2.75) is 32.7 Å². The van der Waals surface area contributed by atoms with E-state index in [1.807, 2.05) is 6.07 Å². The van der Waals surface area contributed by atoms with Gasteiger partial charge in [0.05, 0.1) is 14.2 Å². The van der Waals surface area contributed by atoms with Crippen LogP contribution in [0.5, 0.6) is 11.5 Å². The molecule has 120 valence electrons. The van der Waals surface area contributed by atoms with E-state index < -0.39 is 0 Å². The number of methoxy groups -OCH3 is 3. The molecule has 0 aliphatic heterocycles. The maximum absolute atomic E-state index is 5.41. The van der Waals surface area contributed by atoms with Gasteiger partial charge in [-0.15, -0.1) is 0 Å². The van der Waals surface area contributed by atoms with Gasteiger partial charge in [0.1, 0.15) is 0 Å². The molecule has 2 unspecified atom stereocenters. The monoisotopic (exact) mass is 295 g/mol. The molecular weight excluding hydrogens is 266 g/mol. The molecule has 1 N–H and O–H groups in total. The molecule has 0 bridgehead atoms. The molecule has 21 heavy (non-hydrogen) atoms. The van der Waals surface area contributed by atoms with Gasteiger partial charge in [-0.25, -0.2) is 0 Å². The molecule has 0 aromatic heterocycles. The summed E-state index contributed by atoms with van der Waals surface area (Å²) in [5.41, 5.74) is 1.23. The Bertz CT molecular complexity index is 409. The van der Waals surface area contributed by atoms with E-state index in [2.05, 4.69) is 31.3 Å². The van der Waals surface area contributed by atoms with Gasteiger partial charge in [0, 0.05) is 19.8 Å². The molecule has 0 saturated carbocycles. The summed E-state index contributed by atoms with van der Waals surface area (Å²) in [6, 6.07) is 6.44. The number of ether oxygens (including phenoxy) is 3. The van der Waals surface area contributed by atoms with Gasteiger partial charge in [0.2, 0.25) is 0 Å². The minimum atomic E-state index is 0.301. The third kappa shape index (κ3) is 5.56. The normalized spacial score (nSPS) is 13.8. The van der Waals surface area contributed by atoms with E-state index in [-0.39, 0.29) is 0 Å². The van der Waals surface area contributed by atoms with E-state index in [0.717, 1.165) is 37.5 Å². The highest BCUT2D eigenvalue weighted by molar-refractivity contribution is 5.43. The summed E-state index contributed by atoms with van der Waals surface area (Å²) in [7, 11) is 5.08. The lowest BCUT2D eigenvalue weighted by molar-refractivity contribution is 0.149. The summed E-state index contributed by atoms with van der Waals surface area (Å²) in [6.45, 7) is 6.17. The zero-order chi connectivity index (χ0) is 15.7. The van der Waals surface area contributed by atoms with Crippen LogP contribution in [0.15, 0.2) is 18.2 Å². The van der Waals surface area contributed by atoms with Gasteiger partial charge < -0.3 is 19.5 Å². The predicted molar refractivity (Wildman–Crippen MR) is 86.2 cm³/mol. The number of rotatable bonds is 10. The fraction of sp³-hybridized carbons (Fsp3) is 0.647. The van der Waals surface area contributed by atoms with E-state index in [1.54, 1.807) is 21.3 Å². The quantitative estimate of drug-likeness (QED) is 0.718. The van der Waals surface area contributed by atoms with Crippen molar-refractivity contribution in [1.29, 1.82) is 0 Å². The van der Waals surface area contributed by atoms with Crippen LogP contribution in [0.1, 0.15) is 38.3 Å². The molecule has 0 amide bonds. The minimum Gasteiger partial charge on any atom is -0.493 e. The molecule has 4 heteroatoms. The molecule has 1 rings (SSSR count). The molecule has 1 aromatic carbocycles. The lowest BCUT2D eigenvalue weighted by Gasteiger charge is -2.23. The van der Waals surface area contributed by atoms with Crippen molar-refractivity contribution in [3.05, 3.63) is 23.8 Å². The Morgan fingerprint density at radius 3 is 2.38 bits per heavy atom. The largest absolute Gasteiger partial charge is 0.493 e. The lowest BCUT2D eigenvalue weighted by Crippen LogP contribution is -2.25. The molecule has 0 heterocycles. The van der Waals surface area contributed by atoms with Crippen LogP contribution in [-0.4, -0.2) is 34.5 Å². The van der Waals surface area contributed by atoms with Crippen LogP contribution in [0.3, 0.4) is 0 Å². The molecule has 1 aromatic rings. The highest BCUT2D eigenvalue weighted by Crippen LogP contribution is 2.32. The highest BCUT2D eigenvalue weighted by Gasteiger charge is 2.17. The fourth-order valence-corrected chi connectivity index (χ4v) is 2.48. The second kappa shape index (κ2) is 9.64. The van der Waals surface area contributed by atoms with E-state index in [0.29, 0.717) is 12.0 Å². The molecule has 0 radical (unpaired) electrons. The zero-order valence-electron chi connectivity index (χ0n) is 13.9. The standard InChI is InChI=1S/C17H29NO3/c1-6-9-18-15(10-13(2)12-19-3)14-7-8-16(20-4)17(11-14)21-5/h7-8,11,13,15,18H,6,9-10,12H2,1-5H3. The highest BCUT2D eigenvalue weighted by atomic mass is 16.5. The topological polar surface area (TPSA) is 39.7 Å². The van der Waals surface area contributed by atoms with Gasteiger partial charge in [-0.2, -0.15) is 0 Å². The van der Waals surface area contributed by atoms with Crippen molar-refractivity contribution < 1.29 is 14.2 Å². The Balaban J connectivity index is 2.90. The van der Waals surface area contributed by atoms with Crippen LogP contribution < -0.4 is 14.8 Å². The summed E-state index contributed by atoms with van der Waals surface area (Å²) in [4.78, 5) is 0. The second-order valence-electron chi connectivity index (χ2n) is 5.42. The van der Waals surface area contributed by atoms with Gasteiger partial charge in [-0.3, -0.25) is 0 Å². The van der Waals surface area contributed by atoms with Crippen molar-refractivity contribution in [3.8, 4) is 11.5 Å². The first-order valence-electron chi connectivity index (χ1n) is 7.60.